The summed E-state index contributed by atoms with van der Waals surface area (Å²) in [5, 5.41) is 5.50. The molecule has 0 bridgehead atoms. The fourth-order valence-corrected chi connectivity index (χ4v) is 6.96. The largest absolute Gasteiger partial charge is 0.447 e. The van der Waals surface area contributed by atoms with E-state index in [9.17, 15) is 32.3 Å². The first-order valence-corrected chi connectivity index (χ1v) is 16.1. The van der Waals surface area contributed by atoms with Crippen LogP contribution in [0, 0.1) is 17.5 Å². The van der Waals surface area contributed by atoms with Gasteiger partial charge in [-0.1, -0.05) is 18.2 Å². The fourth-order valence-electron chi connectivity index (χ4n) is 5.66. The lowest BCUT2D eigenvalue weighted by atomic mass is 10.1. The van der Waals surface area contributed by atoms with Crippen LogP contribution in [0.15, 0.2) is 76.3 Å². The standard InChI is InChI=1S/C34H31F3N6O5S/c1-3-38-32(45)39-22-11-7-20(8-12-22)29-25(17-40(2)19-41-15-16-48-34(41)47)28-30(44)43(23-13-9-21(35)10-14-23)33(46)42(31(28)49-29)18-24-26(36)5-4-6-27(24)37/h4-14H,3,15-19H2,1-2H3,(H2,38,39,45). The Hall–Kier alpha value is -5.41. The smallest absolute Gasteiger partial charge is 0.410 e. The Morgan fingerprint density at radius 3 is 2.29 bits per heavy atom. The summed E-state index contributed by atoms with van der Waals surface area (Å²) in [5.74, 6) is -2.33. The number of ether oxygens (including phenoxy) is 1. The zero-order valence-electron chi connectivity index (χ0n) is 26.5. The van der Waals surface area contributed by atoms with Crippen LogP contribution in [0.1, 0.15) is 18.1 Å². The van der Waals surface area contributed by atoms with Crippen molar-refractivity contribution in [1.29, 1.82) is 0 Å². The van der Waals surface area contributed by atoms with E-state index in [1.165, 1.54) is 23.1 Å². The molecule has 1 fully saturated rings. The van der Waals surface area contributed by atoms with Crippen molar-refractivity contribution in [3.63, 3.8) is 0 Å². The van der Waals surface area contributed by atoms with Gasteiger partial charge in [-0.25, -0.2) is 32.1 Å². The van der Waals surface area contributed by atoms with E-state index in [1.807, 2.05) is 0 Å². The third kappa shape index (κ3) is 6.80. The molecular weight excluding hydrogens is 661 g/mol. The average molecular weight is 693 g/mol. The van der Waals surface area contributed by atoms with Crippen LogP contribution < -0.4 is 21.9 Å². The number of carbonyl (C=O) groups is 2. The molecule has 1 aliphatic heterocycles. The predicted octanol–water partition coefficient (Wildman–Crippen LogP) is 5.33. The molecule has 0 spiro atoms. The Balaban J connectivity index is 1.58. The number of nitrogens with one attached hydrogen (secondary N) is 2. The minimum atomic E-state index is -0.874. The summed E-state index contributed by atoms with van der Waals surface area (Å²) in [4.78, 5) is 56.9. The number of nitrogens with zero attached hydrogens (tertiary/aromatic N) is 4. The van der Waals surface area contributed by atoms with Crippen LogP contribution in [0.5, 0.6) is 0 Å². The second kappa shape index (κ2) is 14.0. The Labute approximate surface area is 281 Å². The van der Waals surface area contributed by atoms with E-state index in [2.05, 4.69) is 10.6 Å². The van der Waals surface area contributed by atoms with E-state index >= 15 is 0 Å². The van der Waals surface area contributed by atoms with Gasteiger partial charge < -0.3 is 15.4 Å². The minimum Gasteiger partial charge on any atom is -0.447 e. The van der Waals surface area contributed by atoms with E-state index < -0.39 is 41.3 Å². The zero-order valence-corrected chi connectivity index (χ0v) is 27.3. The minimum absolute atomic E-state index is 0.0636. The highest BCUT2D eigenvalue weighted by Gasteiger charge is 2.28. The van der Waals surface area contributed by atoms with Gasteiger partial charge in [0.2, 0.25) is 0 Å². The second-order valence-electron chi connectivity index (χ2n) is 11.4. The van der Waals surface area contributed by atoms with Crippen molar-refractivity contribution in [3.8, 4) is 16.1 Å². The van der Waals surface area contributed by atoms with E-state index in [4.69, 9.17) is 4.74 Å². The first-order chi connectivity index (χ1) is 23.5. The Kier molecular flexibility index (Phi) is 9.56. The van der Waals surface area contributed by atoms with Gasteiger partial charge in [0.1, 0.15) is 28.9 Å². The number of rotatable bonds is 10. The number of halogens is 3. The topological polar surface area (TPSA) is 118 Å². The van der Waals surface area contributed by atoms with Crippen LogP contribution in [0.2, 0.25) is 0 Å². The van der Waals surface area contributed by atoms with Gasteiger partial charge in [0.15, 0.2) is 0 Å². The maximum absolute atomic E-state index is 15.0. The molecule has 49 heavy (non-hydrogen) atoms. The summed E-state index contributed by atoms with van der Waals surface area (Å²) in [6.45, 7) is 2.59. The molecule has 3 amide bonds. The summed E-state index contributed by atoms with van der Waals surface area (Å²) < 4.78 is 51.0. The maximum Gasteiger partial charge on any atom is 0.410 e. The number of hydrogen-bond donors (Lipinski definition) is 2. The molecule has 0 radical (unpaired) electrons. The highest BCUT2D eigenvalue weighted by atomic mass is 32.1. The maximum atomic E-state index is 15.0. The quantitative estimate of drug-likeness (QED) is 0.205. The Morgan fingerprint density at radius 1 is 0.959 bits per heavy atom. The summed E-state index contributed by atoms with van der Waals surface area (Å²) in [7, 11) is 1.75. The Bertz CT molecular complexity index is 2140. The molecule has 3 heterocycles. The monoisotopic (exact) mass is 692 g/mol. The van der Waals surface area contributed by atoms with Crippen LogP contribution in [-0.2, 0) is 17.8 Å². The van der Waals surface area contributed by atoms with Gasteiger partial charge >= 0.3 is 17.8 Å². The summed E-state index contributed by atoms with van der Waals surface area (Å²) in [6, 6.07) is 14.6. The molecule has 2 aromatic heterocycles. The highest BCUT2D eigenvalue weighted by molar-refractivity contribution is 7.22. The van der Waals surface area contributed by atoms with Crippen molar-refractivity contribution in [2.45, 2.75) is 20.0 Å². The van der Waals surface area contributed by atoms with E-state index in [-0.39, 0.29) is 47.3 Å². The number of fused-ring (bicyclic) bond motifs is 1. The predicted molar refractivity (Wildman–Crippen MR) is 180 cm³/mol. The number of thiophene rings is 1. The van der Waals surface area contributed by atoms with Crippen LogP contribution in [-0.4, -0.2) is 64.5 Å². The number of carbonyl (C=O) groups excluding carboxylic acids is 2. The molecule has 3 aromatic carbocycles. The number of aromatic nitrogens is 2. The van der Waals surface area contributed by atoms with Crippen molar-refractivity contribution in [1.82, 2.24) is 24.3 Å². The van der Waals surface area contributed by atoms with Crippen molar-refractivity contribution >= 4 is 39.4 Å². The molecule has 5 aromatic rings. The van der Waals surface area contributed by atoms with Gasteiger partial charge in [0.05, 0.1) is 30.8 Å². The molecule has 0 unspecified atom stereocenters. The first-order valence-electron chi connectivity index (χ1n) is 15.3. The Morgan fingerprint density at radius 2 is 1.65 bits per heavy atom. The molecule has 6 rings (SSSR count). The number of benzene rings is 3. The fraction of sp³-hybridized carbons (Fsp3) is 0.235. The molecule has 254 valence electrons. The lowest BCUT2D eigenvalue weighted by Gasteiger charge is -2.22. The third-order valence-corrected chi connectivity index (χ3v) is 9.27. The first kappa shape index (κ1) is 33.5. The molecular formula is C34H31F3N6O5S. The van der Waals surface area contributed by atoms with Crippen LogP contribution in [0.4, 0.5) is 28.4 Å². The van der Waals surface area contributed by atoms with Crippen LogP contribution >= 0.6 is 11.3 Å². The summed E-state index contributed by atoms with van der Waals surface area (Å²) in [6.07, 6.45) is -0.475. The summed E-state index contributed by atoms with van der Waals surface area (Å²) >= 11 is 1.10. The molecule has 1 aliphatic rings. The number of amides is 3. The van der Waals surface area contributed by atoms with Gasteiger partial charge in [-0.05, 0) is 73.6 Å². The molecule has 0 saturated carbocycles. The highest BCUT2D eigenvalue weighted by Crippen LogP contribution is 2.38. The van der Waals surface area contributed by atoms with Crippen LogP contribution in [0.3, 0.4) is 0 Å². The van der Waals surface area contributed by atoms with E-state index in [1.54, 1.807) is 43.1 Å². The summed E-state index contributed by atoms with van der Waals surface area (Å²) in [5.41, 5.74) is -0.268. The normalized spacial score (nSPS) is 12.9. The molecule has 0 atom stereocenters. The SMILES string of the molecule is CCNC(=O)Nc1ccc(-c2sc3c(c2CN(C)CN2CCOC2=O)c(=O)n(-c2ccc(F)cc2)c(=O)n3Cc2c(F)cccc2F)cc1. The number of hydrogen-bond acceptors (Lipinski definition) is 7. The van der Waals surface area contributed by atoms with E-state index in [0.717, 1.165) is 44.7 Å². The van der Waals surface area contributed by atoms with E-state index in [0.29, 0.717) is 34.8 Å². The molecule has 1 saturated heterocycles. The lowest BCUT2D eigenvalue weighted by molar-refractivity contribution is 0.137. The van der Waals surface area contributed by atoms with Gasteiger partial charge in [0, 0.05) is 29.2 Å². The van der Waals surface area contributed by atoms with Crippen molar-refractivity contribution in [3.05, 3.63) is 116 Å². The number of anilines is 1. The number of cyclic esters (lactones) is 1. The lowest BCUT2D eigenvalue weighted by Crippen LogP contribution is -2.39. The molecule has 2 N–H and O–H groups in total. The van der Waals surface area contributed by atoms with Crippen LogP contribution in [0.25, 0.3) is 26.3 Å². The molecule has 15 heteroatoms. The third-order valence-electron chi connectivity index (χ3n) is 7.96. The second-order valence-corrected chi connectivity index (χ2v) is 12.4. The van der Waals surface area contributed by atoms with Gasteiger partial charge in [-0.2, -0.15) is 0 Å². The van der Waals surface area contributed by atoms with Crippen molar-refractivity contribution < 1.29 is 27.5 Å². The van der Waals surface area contributed by atoms with Gasteiger partial charge in [-0.3, -0.25) is 19.2 Å². The molecule has 0 aliphatic carbocycles. The van der Waals surface area contributed by atoms with Crippen molar-refractivity contribution in [2.24, 2.45) is 0 Å². The molecule has 11 nitrogen and oxygen atoms in total. The van der Waals surface area contributed by atoms with Crippen molar-refractivity contribution in [2.75, 3.05) is 38.7 Å². The van der Waals surface area contributed by atoms with Gasteiger partial charge in [0.25, 0.3) is 5.56 Å². The average Bonchev–Trinajstić information content (AvgIpc) is 3.64. The zero-order chi connectivity index (χ0) is 34.8. The number of urea groups is 1. The van der Waals surface area contributed by atoms with Gasteiger partial charge in [-0.15, -0.1) is 11.3 Å².